The van der Waals surface area contributed by atoms with Gasteiger partial charge in [-0.3, -0.25) is 0 Å². The lowest BCUT2D eigenvalue weighted by Gasteiger charge is -2.05. The lowest BCUT2D eigenvalue weighted by Crippen LogP contribution is -2.07. The van der Waals surface area contributed by atoms with Crippen LogP contribution in [-0.2, 0) is 11.3 Å². The monoisotopic (exact) mass is 235 g/mol. The van der Waals surface area contributed by atoms with Crippen molar-refractivity contribution in [2.45, 2.75) is 6.54 Å². The van der Waals surface area contributed by atoms with Gasteiger partial charge in [-0.05, 0) is 23.6 Å². The van der Waals surface area contributed by atoms with Gasteiger partial charge in [0.2, 0.25) is 0 Å². The van der Waals surface area contributed by atoms with Crippen LogP contribution in [-0.4, -0.2) is 15.6 Å². The Balaban J connectivity index is 2.41. The van der Waals surface area contributed by atoms with E-state index in [1.807, 2.05) is 29.0 Å². The van der Waals surface area contributed by atoms with Gasteiger partial charge in [-0.15, -0.1) is 0 Å². The number of carboxylic acid groups (broad SMARTS) is 1. The number of benzene rings is 1. The molecule has 0 radical (unpaired) electrons. The number of aromatic nitrogens is 1. The number of aliphatic carboxylic acids is 1. The van der Waals surface area contributed by atoms with Gasteiger partial charge in [0.1, 0.15) is 0 Å². The standard InChI is InChI=1S/C12H10ClNO2/c1-8(12(15)16)7-14-5-4-9-2-3-10(13)6-11(9)14/h2-6H,1,7H2,(H,15,16). The predicted molar refractivity (Wildman–Crippen MR) is 63.7 cm³/mol. The van der Waals surface area contributed by atoms with Crippen LogP contribution in [0.1, 0.15) is 0 Å². The van der Waals surface area contributed by atoms with E-state index in [9.17, 15) is 4.79 Å². The number of carboxylic acids is 1. The van der Waals surface area contributed by atoms with Crippen molar-refractivity contribution in [1.29, 1.82) is 0 Å². The summed E-state index contributed by atoms with van der Waals surface area (Å²) in [7, 11) is 0. The second-order valence-corrected chi connectivity index (χ2v) is 3.99. The van der Waals surface area contributed by atoms with E-state index >= 15 is 0 Å². The molecule has 16 heavy (non-hydrogen) atoms. The Morgan fingerprint density at radius 3 is 2.88 bits per heavy atom. The first kappa shape index (κ1) is 10.8. The van der Waals surface area contributed by atoms with Gasteiger partial charge in [0.25, 0.3) is 0 Å². The van der Waals surface area contributed by atoms with Crippen molar-refractivity contribution in [2.24, 2.45) is 0 Å². The molecule has 0 bridgehead atoms. The molecule has 1 aromatic heterocycles. The minimum absolute atomic E-state index is 0.150. The summed E-state index contributed by atoms with van der Waals surface area (Å²) in [6.07, 6.45) is 1.83. The first-order chi connectivity index (χ1) is 7.58. The van der Waals surface area contributed by atoms with Crippen LogP contribution in [0.15, 0.2) is 42.6 Å². The van der Waals surface area contributed by atoms with Crippen molar-refractivity contribution >= 4 is 28.5 Å². The number of fused-ring (bicyclic) bond motifs is 1. The van der Waals surface area contributed by atoms with E-state index in [1.54, 1.807) is 6.07 Å². The highest BCUT2D eigenvalue weighted by Crippen LogP contribution is 2.21. The van der Waals surface area contributed by atoms with Crippen LogP contribution in [0.5, 0.6) is 0 Å². The summed E-state index contributed by atoms with van der Waals surface area (Å²) in [4.78, 5) is 10.7. The summed E-state index contributed by atoms with van der Waals surface area (Å²) in [5.41, 5.74) is 1.06. The zero-order chi connectivity index (χ0) is 11.7. The van der Waals surface area contributed by atoms with E-state index in [-0.39, 0.29) is 12.1 Å². The Labute approximate surface area is 97.6 Å². The number of halogens is 1. The summed E-state index contributed by atoms with van der Waals surface area (Å²) in [6, 6.07) is 7.44. The Kier molecular flexibility index (Phi) is 2.71. The maximum atomic E-state index is 10.7. The van der Waals surface area contributed by atoms with Crippen molar-refractivity contribution in [1.82, 2.24) is 4.57 Å². The van der Waals surface area contributed by atoms with Gasteiger partial charge in [0, 0.05) is 22.3 Å². The van der Waals surface area contributed by atoms with Gasteiger partial charge >= 0.3 is 5.97 Å². The van der Waals surface area contributed by atoms with Gasteiger partial charge in [0.15, 0.2) is 0 Å². The Hall–Kier alpha value is -1.74. The van der Waals surface area contributed by atoms with Crippen LogP contribution >= 0.6 is 11.6 Å². The summed E-state index contributed by atoms with van der Waals surface area (Å²) >= 11 is 5.89. The van der Waals surface area contributed by atoms with Crippen molar-refractivity contribution < 1.29 is 9.90 Å². The fourth-order valence-electron chi connectivity index (χ4n) is 1.57. The van der Waals surface area contributed by atoms with Crippen molar-refractivity contribution in [3.8, 4) is 0 Å². The Morgan fingerprint density at radius 2 is 2.19 bits per heavy atom. The highest BCUT2D eigenvalue weighted by molar-refractivity contribution is 6.31. The predicted octanol–water partition coefficient (Wildman–Crippen LogP) is 2.94. The molecule has 1 aromatic carbocycles. The quantitative estimate of drug-likeness (QED) is 0.832. The minimum atomic E-state index is -0.983. The molecular weight excluding hydrogens is 226 g/mol. The van der Waals surface area contributed by atoms with E-state index in [4.69, 9.17) is 16.7 Å². The number of hydrogen-bond donors (Lipinski definition) is 1. The van der Waals surface area contributed by atoms with E-state index in [1.165, 1.54) is 0 Å². The molecule has 1 heterocycles. The van der Waals surface area contributed by atoms with Gasteiger partial charge < -0.3 is 9.67 Å². The third-order valence-electron chi connectivity index (χ3n) is 2.40. The van der Waals surface area contributed by atoms with Crippen molar-refractivity contribution in [3.05, 3.63) is 47.6 Å². The first-order valence-corrected chi connectivity index (χ1v) is 5.11. The topological polar surface area (TPSA) is 42.2 Å². The minimum Gasteiger partial charge on any atom is -0.478 e. The van der Waals surface area contributed by atoms with E-state index in [0.29, 0.717) is 5.02 Å². The van der Waals surface area contributed by atoms with E-state index < -0.39 is 5.97 Å². The number of carbonyl (C=O) groups is 1. The average Bonchev–Trinajstić information content (AvgIpc) is 2.61. The lowest BCUT2D eigenvalue weighted by molar-refractivity contribution is -0.132. The highest BCUT2D eigenvalue weighted by atomic mass is 35.5. The molecule has 4 heteroatoms. The molecule has 0 aliphatic heterocycles. The van der Waals surface area contributed by atoms with Crippen LogP contribution in [0.3, 0.4) is 0 Å². The SMILES string of the molecule is C=C(Cn1ccc2ccc(Cl)cc21)C(=O)O. The van der Waals surface area contributed by atoms with Crippen molar-refractivity contribution in [3.63, 3.8) is 0 Å². The van der Waals surface area contributed by atoms with Crippen molar-refractivity contribution in [2.75, 3.05) is 0 Å². The van der Waals surface area contributed by atoms with Gasteiger partial charge in [-0.1, -0.05) is 24.2 Å². The van der Waals surface area contributed by atoms with Crippen LogP contribution in [0.2, 0.25) is 5.02 Å². The Bertz CT molecular complexity index is 571. The number of hydrogen-bond acceptors (Lipinski definition) is 1. The molecular formula is C12H10ClNO2. The molecule has 0 saturated heterocycles. The number of rotatable bonds is 3. The molecule has 2 aromatic rings. The molecule has 3 nitrogen and oxygen atoms in total. The zero-order valence-corrected chi connectivity index (χ0v) is 9.24. The van der Waals surface area contributed by atoms with Gasteiger partial charge in [-0.25, -0.2) is 4.79 Å². The maximum Gasteiger partial charge on any atom is 0.332 e. The molecule has 0 spiro atoms. The van der Waals surface area contributed by atoms with E-state index in [0.717, 1.165) is 10.9 Å². The third kappa shape index (κ3) is 1.95. The summed E-state index contributed by atoms with van der Waals surface area (Å²) < 4.78 is 1.82. The van der Waals surface area contributed by atoms with Crippen LogP contribution in [0.25, 0.3) is 10.9 Å². The Morgan fingerprint density at radius 1 is 1.44 bits per heavy atom. The number of nitrogens with zero attached hydrogens (tertiary/aromatic N) is 1. The molecule has 0 fully saturated rings. The van der Waals surface area contributed by atoms with Crippen LogP contribution < -0.4 is 0 Å². The molecule has 2 rings (SSSR count). The van der Waals surface area contributed by atoms with E-state index in [2.05, 4.69) is 6.58 Å². The fourth-order valence-corrected chi connectivity index (χ4v) is 1.73. The molecule has 0 unspecified atom stereocenters. The molecule has 0 saturated carbocycles. The fraction of sp³-hybridized carbons (Fsp3) is 0.0833. The maximum absolute atomic E-state index is 10.7. The zero-order valence-electron chi connectivity index (χ0n) is 8.48. The molecule has 0 aliphatic rings. The summed E-state index contributed by atoms with van der Waals surface area (Å²) in [6.45, 7) is 3.77. The highest BCUT2D eigenvalue weighted by Gasteiger charge is 2.07. The molecule has 0 aliphatic carbocycles. The second kappa shape index (κ2) is 4.02. The average molecular weight is 236 g/mol. The van der Waals surface area contributed by atoms with Gasteiger partial charge in [0.05, 0.1) is 6.54 Å². The summed E-state index contributed by atoms with van der Waals surface area (Å²) in [5.74, 6) is -0.983. The first-order valence-electron chi connectivity index (χ1n) is 4.73. The second-order valence-electron chi connectivity index (χ2n) is 3.56. The molecule has 82 valence electrons. The lowest BCUT2D eigenvalue weighted by atomic mass is 10.2. The summed E-state index contributed by atoms with van der Waals surface area (Å²) in [5, 5.41) is 10.4. The van der Waals surface area contributed by atoms with Crippen LogP contribution in [0, 0.1) is 0 Å². The molecule has 0 atom stereocenters. The largest absolute Gasteiger partial charge is 0.478 e. The smallest absolute Gasteiger partial charge is 0.332 e. The third-order valence-corrected chi connectivity index (χ3v) is 2.63. The molecule has 0 amide bonds. The molecule has 1 N–H and O–H groups in total. The van der Waals surface area contributed by atoms with Gasteiger partial charge in [-0.2, -0.15) is 0 Å². The normalized spacial score (nSPS) is 10.6. The van der Waals surface area contributed by atoms with Crippen LogP contribution in [0.4, 0.5) is 0 Å².